The number of Topliss-reactive ketones (excluding diaryl/α,β-unsaturated/α-hetero) is 2. The zero-order valence-electron chi connectivity index (χ0n) is 8.02. The van der Waals surface area contributed by atoms with Crippen molar-refractivity contribution in [1.82, 2.24) is 0 Å². The average molecular weight is 168 g/mol. The Morgan fingerprint density at radius 3 is 2.42 bits per heavy atom. The molecule has 0 N–H and O–H groups in total. The summed E-state index contributed by atoms with van der Waals surface area (Å²) in [6, 6.07) is 0. The van der Waals surface area contributed by atoms with Crippen LogP contribution in [0.1, 0.15) is 40.0 Å². The van der Waals surface area contributed by atoms with Crippen LogP contribution < -0.4 is 0 Å². The maximum absolute atomic E-state index is 11.2. The van der Waals surface area contributed by atoms with E-state index in [2.05, 4.69) is 20.8 Å². The monoisotopic (exact) mass is 168 g/mol. The minimum Gasteiger partial charge on any atom is -0.299 e. The predicted octanol–water partition coefficient (Wildman–Crippen LogP) is 1.97. The molecule has 1 aliphatic carbocycles. The molecule has 1 saturated carbocycles. The van der Waals surface area contributed by atoms with E-state index in [-0.39, 0.29) is 23.4 Å². The van der Waals surface area contributed by atoms with Crippen molar-refractivity contribution in [3.05, 3.63) is 0 Å². The Balaban J connectivity index is 2.82. The van der Waals surface area contributed by atoms with Gasteiger partial charge in [-0.2, -0.15) is 0 Å². The van der Waals surface area contributed by atoms with Crippen molar-refractivity contribution in [2.45, 2.75) is 40.0 Å². The van der Waals surface area contributed by atoms with Gasteiger partial charge in [0.25, 0.3) is 0 Å². The van der Waals surface area contributed by atoms with E-state index in [0.717, 1.165) is 0 Å². The zero-order valence-corrected chi connectivity index (χ0v) is 8.02. The fraction of sp³-hybridized carbons (Fsp3) is 0.800. The second kappa shape index (κ2) is 3.00. The van der Waals surface area contributed by atoms with Crippen molar-refractivity contribution in [3.63, 3.8) is 0 Å². The Bertz CT molecular complexity index is 216. The van der Waals surface area contributed by atoms with E-state index in [4.69, 9.17) is 0 Å². The highest BCUT2D eigenvalue weighted by Crippen LogP contribution is 2.36. The highest BCUT2D eigenvalue weighted by atomic mass is 16.1. The Morgan fingerprint density at radius 2 is 1.83 bits per heavy atom. The van der Waals surface area contributed by atoms with Gasteiger partial charge in [0.1, 0.15) is 11.6 Å². The molecule has 2 heteroatoms. The molecule has 0 saturated heterocycles. The highest BCUT2D eigenvalue weighted by molar-refractivity contribution is 6.00. The van der Waals surface area contributed by atoms with Crippen LogP contribution in [0.5, 0.6) is 0 Å². The number of carbonyl (C=O) groups excluding carboxylic acids is 2. The maximum Gasteiger partial charge on any atom is 0.140 e. The normalized spacial score (nSPS) is 30.1. The van der Waals surface area contributed by atoms with Crippen LogP contribution in [0.3, 0.4) is 0 Å². The topological polar surface area (TPSA) is 34.1 Å². The maximum atomic E-state index is 11.2. The minimum absolute atomic E-state index is 0.00322. The highest BCUT2D eigenvalue weighted by Gasteiger charge is 2.33. The number of rotatable bonds is 0. The fourth-order valence-corrected chi connectivity index (χ4v) is 1.65. The van der Waals surface area contributed by atoms with Gasteiger partial charge in [-0.3, -0.25) is 9.59 Å². The largest absolute Gasteiger partial charge is 0.299 e. The molecule has 0 bridgehead atoms. The van der Waals surface area contributed by atoms with Gasteiger partial charge in [-0.25, -0.2) is 0 Å². The molecule has 0 radical (unpaired) electrons. The number of hydrogen-bond acceptors (Lipinski definition) is 2. The summed E-state index contributed by atoms with van der Waals surface area (Å²) < 4.78 is 0. The summed E-state index contributed by atoms with van der Waals surface area (Å²) in [5.41, 5.74) is 0.00322. The van der Waals surface area contributed by atoms with Gasteiger partial charge in [0.05, 0.1) is 6.42 Å². The van der Waals surface area contributed by atoms with Gasteiger partial charge in [-0.15, -0.1) is 0 Å². The molecular formula is C10H16O2. The van der Waals surface area contributed by atoms with Crippen molar-refractivity contribution >= 4 is 11.6 Å². The first-order valence-electron chi connectivity index (χ1n) is 4.45. The van der Waals surface area contributed by atoms with E-state index in [9.17, 15) is 9.59 Å². The molecule has 0 unspecified atom stereocenters. The molecule has 0 aromatic rings. The van der Waals surface area contributed by atoms with Crippen molar-refractivity contribution in [3.8, 4) is 0 Å². The van der Waals surface area contributed by atoms with Crippen molar-refractivity contribution in [1.29, 1.82) is 0 Å². The van der Waals surface area contributed by atoms with Crippen molar-refractivity contribution in [2.75, 3.05) is 0 Å². The molecule has 2 nitrogen and oxygen atoms in total. The first-order valence-corrected chi connectivity index (χ1v) is 4.45. The molecule has 1 aliphatic rings. The smallest absolute Gasteiger partial charge is 0.140 e. The summed E-state index contributed by atoms with van der Waals surface area (Å²) in [4.78, 5) is 22.4. The molecule has 1 atom stereocenters. The third kappa shape index (κ3) is 1.93. The van der Waals surface area contributed by atoms with Crippen LogP contribution in [0.4, 0.5) is 0 Å². The second-order valence-electron chi connectivity index (χ2n) is 4.52. The summed E-state index contributed by atoms with van der Waals surface area (Å²) in [5, 5.41) is 0. The SMILES string of the molecule is C[C@@H]1CC(=O)CC(=O)CC1(C)C. The molecule has 12 heavy (non-hydrogen) atoms. The molecule has 68 valence electrons. The minimum atomic E-state index is 0.00322. The van der Waals surface area contributed by atoms with Crippen LogP contribution in [0.15, 0.2) is 0 Å². The summed E-state index contributed by atoms with van der Waals surface area (Å²) >= 11 is 0. The molecule has 0 heterocycles. The molecule has 1 rings (SSSR count). The standard InChI is InChI=1S/C10H16O2/c1-7-4-8(11)5-9(12)6-10(7,2)3/h7H,4-6H2,1-3H3/t7-/m1/s1. The van der Waals surface area contributed by atoms with E-state index in [1.165, 1.54) is 0 Å². The van der Waals surface area contributed by atoms with E-state index in [0.29, 0.717) is 18.8 Å². The van der Waals surface area contributed by atoms with Crippen LogP contribution in [-0.4, -0.2) is 11.6 Å². The first kappa shape index (κ1) is 9.43. The van der Waals surface area contributed by atoms with Crippen LogP contribution in [0.2, 0.25) is 0 Å². The van der Waals surface area contributed by atoms with Gasteiger partial charge >= 0.3 is 0 Å². The van der Waals surface area contributed by atoms with Gasteiger partial charge in [0.15, 0.2) is 0 Å². The number of carbonyl (C=O) groups is 2. The molecule has 0 spiro atoms. The molecular weight excluding hydrogens is 152 g/mol. The van der Waals surface area contributed by atoms with Crippen LogP contribution in [0, 0.1) is 11.3 Å². The quantitative estimate of drug-likeness (QED) is 0.409. The lowest BCUT2D eigenvalue weighted by Crippen LogP contribution is -2.22. The molecule has 0 aromatic heterocycles. The zero-order chi connectivity index (χ0) is 9.35. The predicted molar refractivity (Wildman–Crippen MR) is 46.8 cm³/mol. The third-order valence-electron chi connectivity index (χ3n) is 2.92. The summed E-state index contributed by atoms with van der Waals surface area (Å²) in [6.07, 6.45) is 1.28. The lowest BCUT2D eigenvalue weighted by Gasteiger charge is -2.28. The van der Waals surface area contributed by atoms with Gasteiger partial charge in [0.2, 0.25) is 0 Å². The number of hydrogen-bond donors (Lipinski definition) is 0. The summed E-state index contributed by atoms with van der Waals surface area (Å²) in [5.74, 6) is 0.545. The van der Waals surface area contributed by atoms with Crippen molar-refractivity contribution < 1.29 is 9.59 Å². The molecule has 0 aliphatic heterocycles. The van der Waals surface area contributed by atoms with E-state index in [1.54, 1.807) is 0 Å². The van der Waals surface area contributed by atoms with E-state index < -0.39 is 0 Å². The van der Waals surface area contributed by atoms with E-state index in [1.807, 2.05) is 0 Å². The van der Waals surface area contributed by atoms with E-state index >= 15 is 0 Å². The Kier molecular flexibility index (Phi) is 2.36. The van der Waals surface area contributed by atoms with Crippen molar-refractivity contribution in [2.24, 2.45) is 11.3 Å². The van der Waals surface area contributed by atoms with Gasteiger partial charge < -0.3 is 0 Å². The molecule has 0 aromatic carbocycles. The lowest BCUT2D eigenvalue weighted by atomic mass is 9.76. The fourth-order valence-electron chi connectivity index (χ4n) is 1.65. The van der Waals surface area contributed by atoms with Gasteiger partial charge in [0, 0.05) is 12.8 Å². The lowest BCUT2D eigenvalue weighted by molar-refractivity contribution is -0.126. The third-order valence-corrected chi connectivity index (χ3v) is 2.92. The number of ketones is 2. The molecule has 0 amide bonds. The summed E-state index contributed by atoms with van der Waals surface area (Å²) in [7, 11) is 0. The molecule has 1 fully saturated rings. The summed E-state index contributed by atoms with van der Waals surface area (Å²) in [6.45, 7) is 6.18. The van der Waals surface area contributed by atoms with Crippen LogP contribution in [-0.2, 0) is 9.59 Å². The first-order chi connectivity index (χ1) is 5.42. The van der Waals surface area contributed by atoms with Crippen LogP contribution >= 0.6 is 0 Å². The second-order valence-corrected chi connectivity index (χ2v) is 4.52. The average Bonchev–Trinajstić information content (AvgIpc) is 1.89. The Hall–Kier alpha value is -0.660. The Labute approximate surface area is 73.3 Å². The Morgan fingerprint density at radius 1 is 1.25 bits per heavy atom. The van der Waals surface area contributed by atoms with Gasteiger partial charge in [-0.05, 0) is 11.3 Å². The van der Waals surface area contributed by atoms with Gasteiger partial charge in [-0.1, -0.05) is 20.8 Å². The van der Waals surface area contributed by atoms with Crippen LogP contribution in [0.25, 0.3) is 0 Å².